The first-order chi connectivity index (χ1) is 12.1. The Balaban J connectivity index is 1.56. The van der Waals surface area contributed by atoms with Gasteiger partial charge in [-0.2, -0.15) is 4.31 Å². The van der Waals surface area contributed by atoms with Crippen molar-refractivity contribution in [1.82, 2.24) is 14.3 Å². The molecule has 0 N–H and O–H groups in total. The van der Waals surface area contributed by atoms with Crippen molar-refractivity contribution in [3.05, 3.63) is 47.6 Å². The molecule has 1 aromatic carbocycles. The Labute approximate surface area is 150 Å². The molecule has 0 atom stereocenters. The molecular formula is C17H18N4O2S2. The van der Waals surface area contributed by atoms with Crippen molar-refractivity contribution in [1.29, 1.82) is 0 Å². The molecule has 1 fully saturated rings. The van der Waals surface area contributed by atoms with Crippen LogP contribution in [0.4, 0.5) is 5.82 Å². The summed E-state index contributed by atoms with van der Waals surface area (Å²) in [5.74, 6) is 0.903. The molecule has 6 nitrogen and oxygen atoms in total. The summed E-state index contributed by atoms with van der Waals surface area (Å²) in [6.45, 7) is 4.19. The number of fused-ring (bicyclic) bond motifs is 1. The quantitative estimate of drug-likeness (QED) is 0.705. The topological polar surface area (TPSA) is 66.4 Å². The Kier molecular flexibility index (Phi) is 4.18. The summed E-state index contributed by atoms with van der Waals surface area (Å²) < 4.78 is 27.0. The number of hydrogen-bond acceptors (Lipinski definition) is 6. The molecule has 3 aromatic rings. The van der Waals surface area contributed by atoms with E-state index in [-0.39, 0.29) is 0 Å². The number of hydrogen-bond donors (Lipinski definition) is 0. The van der Waals surface area contributed by atoms with Crippen molar-refractivity contribution in [3.63, 3.8) is 0 Å². The Morgan fingerprint density at radius 3 is 2.48 bits per heavy atom. The number of nitrogens with zero attached hydrogens (tertiary/aromatic N) is 4. The van der Waals surface area contributed by atoms with Crippen LogP contribution in [0.5, 0.6) is 0 Å². The van der Waals surface area contributed by atoms with Gasteiger partial charge in [-0.3, -0.25) is 0 Å². The summed E-state index contributed by atoms with van der Waals surface area (Å²) in [6, 6.07) is 8.61. The molecule has 1 aliphatic heterocycles. The first-order valence-electron chi connectivity index (χ1n) is 8.06. The number of benzene rings is 1. The van der Waals surface area contributed by atoms with Crippen LogP contribution in [0, 0.1) is 6.92 Å². The molecule has 0 spiro atoms. The monoisotopic (exact) mass is 374 g/mol. The van der Waals surface area contributed by atoms with E-state index in [1.807, 2.05) is 6.07 Å². The summed E-state index contributed by atoms with van der Waals surface area (Å²) in [5.41, 5.74) is 1.16. The highest BCUT2D eigenvalue weighted by atomic mass is 32.2. The number of aromatic nitrogens is 2. The maximum atomic E-state index is 12.7. The molecule has 4 rings (SSSR count). The van der Waals surface area contributed by atoms with E-state index in [1.165, 1.54) is 0 Å². The van der Waals surface area contributed by atoms with Crippen LogP contribution in [0.2, 0.25) is 0 Å². The summed E-state index contributed by atoms with van der Waals surface area (Å²) in [6.07, 6.45) is 1.58. The van der Waals surface area contributed by atoms with E-state index in [1.54, 1.807) is 46.2 Å². The molecule has 0 radical (unpaired) electrons. The van der Waals surface area contributed by atoms with Gasteiger partial charge in [0, 0.05) is 26.2 Å². The van der Waals surface area contributed by atoms with Crippen LogP contribution in [0.25, 0.3) is 10.2 Å². The second-order valence-corrected chi connectivity index (χ2v) is 8.80. The molecule has 0 amide bonds. The molecule has 3 heterocycles. The summed E-state index contributed by atoms with van der Waals surface area (Å²) in [7, 11) is -3.43. The van der Waals surface area contributed by atoms with Gasteiger partial charge < -0.3 is 4.90 Å². The molecule has 2 aromatic heterocycles. The van der Waals surface area contributed by atoms with E-state index in [9.17, 15) is 8.42 Å². The highest BCUT2D eigenvalue weighted by molar-refractivity contribution is 7.89. The number of thiophene rings is 1. The third-order valence-corrected chi connectivity index (χ3v) is 7.37. The maximum absolute atomic E-state index is 12.7. The highest BCUT2D eigenvalue weighted by Crippen LogP contribution is 2.31. The van der Waals surface area contributed by atoms with Crippen LogP contribution in [0.15, 0.2) is 46.9 Å². The average molecular weight is 374 g/mol. The third-order valence-electron chi connectivity index (χ3n) is 4.45. The molecule has 130 valence electrons. The van der Waals surface area contributed by atoms with E-state index in [0.717, 1.165) is 21.6 Å². The largest absolute Gasteiger partial charge is 0.353 e. The van der Waals surface area contributed by atoms with Gasteiger partial charge in [0.15, 0.2) is 0 Å². The standard InChI is InChI=1S/C17H18N4O2S2/c1-13-11-24-17-15(13)16(18-12-19-17)20-7-9-21(10-8-20)25(22,23)14-5-3-2-4-6-14/h2-6,11-12H,7-10H2,1H3. The minimum Gasteiger partial charge on any atom is -0.353 e. The summed E-state index contributed by atoms with van der Waals surface area (Å²) >= 11 is 1.61. The minimum atomic E-state index is -3.43. The first kappa shape index (κ1) is 16.4. The molecule has 0 unspecified atom stereocenters. The molecule has 1 saturated heterocycles. The fourth-order valence-electron chi connectivity index (χ4n) is 3.12. The van der Waals surface area contributed by atoms with Crippen LogP contribution in [-0.2, 0) is 10.0 Å². The number of rotatable bonds is 3. The smallest absolute Gasteiger partial charge is 0.243 e. The van der Waals surface area contributed by atoms with E-state index in [0.29, 0.717) is 31.1 Å². The molecule has 0 bridgehead atoms. The Morgan fingerprint density at radius 1 is 1.04 bits per heavy atom. The third kappa shape index (κ3) is 2.90. The van der Waals surface area contributed by atoms with E-state index in [4.69, 9.17) is 0 Å². The second kappa shape index (κ2) is 6.36. The zero-order valence-corrected chi connectivity index (χ0v) is 15.4. The molecule has 1 aliphatic rings. The lowest BCUT2D eigenvalue weighted by Crippen LogP contribution is -2.49. The van der Waals surface area contributed by atoms with Crippen LogP contribution in [0.3, 0.4) is 0 Å². The fourth-order valence-corrected chi connectivity index (χ4v) is 5.45. The predicted molar refractivity (Wildman–Crippen MR) is 99.6 cm³/mol. The van der Waals surface area contributed by atoms with Crippen molar-refractivity contribution >= 4 is 37.4 Å². The average Bonchev–Trinajstić information content (AvgIpc) is 3.04. The van der Waals surface area contributed by atoms with Gasteiger partial charge in [0.1, 0.15) is 17.0 Å². The first-order valence-corrected chi connectivity index (χ1v) is 10.4. The zero-order valence-electron chi connectivity index (χ0n) is 13.8. The van der Waals surface area contributed by atoms with E-state index in [2.05, 4.69) is 27.2 Å². The second-order valence-electron chi connectivity index (χ2n) is 6.00. The normalized spacial score (nSPS) is 16.4. The predicted octanol–water partition coefficient (Wildman–Crippen LogP) is 2.51. The fraction of sp³-hybridized carbons (Fsp3) is 0.294. The summed E-state index contributed by atoms with van der Waals surface area (Å²) in [5, 5.41) is 3.16. The number of sulfonamides is 1. The highest BCUT2D eigenvalue weighted by Gasteiger charge is 2.29. The van der Waals surface area contributed by atoms with Gasteiger partial charge in [0.25, 0.3) is 0 Å². The van der Waals surface area contributed by atoms with Crippen LogP contribution < -0.4 is 4.90 Å². The molecule has 0 aliphatic carbocycles. The lowest BCUT2D eigenvalue weighted by Gasteiger charge is -2.35. The van der Waals surface area contributed by atoms with E-state index < -0.39 is 10.0 Å². The van der Waals surface area contributed by atoms with Gasteiger partial charge in [-0.1, -0.05) is 18.2 Å². The van der Waals surface area contributed by atoms with Crippen molar-refractivity contribution in [2.24, 2.45) is 0 Å². The van der Waals surface area contributed by atoms with E-state index >= 15 is 0 Å². The van der Waals surface area contributed by atoms with Crippen LogP contribution >= 0.6 is 11.3 Å². The SMILES string of the molecule is Cc1csc2ncnc(N3CCN(S(=O)(=O)c4ccccc4)CC3)c12. The Morgan fingerprint density at radius 2 is 1.76 bits per heavy atom. The number of aryl methyl sites for hydroxylation is 1. The Bertz CT molecular complexity index is 994. The number of anilines is 1. The van der Waals surface area contributed by atoms with Crippen molar-refractivity contribution in [2.75, 3.05) is 31.1 Å². The van der Waals surface area contributed by atoms with Crippen LogP contribution in [-0.4, -0.2) is 48.9 Å². The van der Waals surface area contributed by atoms with Gasteiger partial charge in [-0.05, 0) is 30.0 Å². The lowest BCUT2D eigenvalue weighted by molar-refractivity contribution is 0.384. The van der Waals surface area contributed by atoms with Gasteiger partial charge in [0.2, 0.25) is 10.0 Å². The van der Waals surface area contributed by atoms with Crippen LogP contribution in [0.1, 0.15) is 5.56 Å². The van der Waals surface area contributed by atoms with Crippen molar-refractivity contribution < 1.29 is 8.42 Å². The van der Waals surface area contributed by atoms with Crippen molar-refractivity contribution in [2.45, 2.75) is 11.8 Å². The minimum absolute atomic E-state index is 0.349. The molecule has 0 saturated carbocycles. The molecule has 25 heavy (non-hydrogen) atoms. The summed E-state index contributed by atoms with van der Waals surface area (Å²) in [4.78, 5) is 12.3. The van der Waals surface area contributed by atoms with Gasteiger partial charge in [-0.15, -0.1) is 11.3 Å². The van der Waals surface area contributed by atoms with Gasteiger partial charge in [0.05, 0.1) is 10.3 Å². The zero-order chi connectivity index (χ0) is 17.4. The molecule has 8 heteroatoms. The molecular weight excluding hydrogens is 356 g/mol. The van der Waals surface area contributed by atoms with Gasteiger partial charge >= 0.3 is 0 Å². The van der Waals surface area contributed by atoms with Gasteiger partial charge in [-0.25, -0.2) is 18.4 Å². The van der Waals surface area contributed by atoms with Crippen molar-refractivity contribution in [3.8, 4) is 0 Å². The lowest BCUT2D eigenvalue weighted by atomic mass is 10.2. The number of piperazine rings is 1. The maximum Gasteiger partial charge on any atom is 0.243 e. The Hall–Kier alpha value is -2.03.